The SMILES string of the molecule is Cc1nn[nH]c1[N+](=O)[O-]. The van der Waals surface area contributed by atoms with Crippen molar-refractivity contribution in [2.45, 2.75) is 6.92 Å². The Labute approximate surface area is 50.0 Å². The fraction of sp³-hybridized carbons (Fsp3) is 0.333. The van der Waals surface area contributed by atoms with Gasteiger partial charge in [-0.15, -0.1) is 10.2 Å². The van der Waals surface area contributed by atoms with Gasteiger partial charge in [0.05, 0.1) is 0 Å². The van der Waals surface area contributed by atoms with Crippen molar-refractivity contribution in [1.82, 2.24) is 15.4 Å². The highest BCUT2D eigenvalue weighted by Gasteiger charge is 2.10. The molecule has 1 N–H and O–H groups in total. The van der Waals surface area contributed by atoms with Crippen molar-refractivity contribution in [3.63, 3.8) is 0 Å². The van der Waals surface area contributed by atoms with Crippen molar-refractivity contribution in [3.05, 3.63) is 15.8 Å². The van der Waals surface area contributed by atoms with Crippen LogP contribution in [0.2, 0.25) is 0 Å². The summed E-state index contributed by atoms with van der Waals surface area (Å²) in [5.74, 6) is -0.144. The molecule has 0 aromatic carbocycles. The van der Waals surface area contributed by atoms with Gasteiger partial charge in [0.15, 0.2) is 5.69 Å². The lowest BCUT2D eigenvalue weighted by molar-refractivity contribution is -0.390. The maximum Gasteiger partial charge on any atom is 0.365 e. The lowest BCUT2D eigenvalue weighted by Crippen LogP contribution is -1.89. The molecule has 0 spiro atoms. The van der Waals surface area contributed by atoms with Gasteiger partial charge in [-0.1, -0.05) is 0 Å². The molecule has 1 heterocycles. The molecule has 1 aromatic heterocycles. The summed E-state index contributed by atoms with van der Waals surface area (Å²) in [6.07, 6.45) is 0. The first-order chi connectivity index (χ1) is 4.22. The third-order valence-electron chi connectivity index (χ3n) is 0.881. The van der Waals surface area contributed by atoms with Gasteiger partial charge in [0.2, 0.25) is 0 Å². The molecule has 0 atom stereocenters. The molecular formula is C3H4N4O2. The summed E-state index contributed by atoms with van der Waals surface area (Å²) in [5, 5.41) is 18.7. The van der Waals surface area contributed by atoms with Crippen molar-refractivity contribution in [2.75, 3.05) is 0 Å². The van der Waals surface area contributed by atoms with E-state index < -0.39 is 4.92 Å². The number of H-pyrrole nitrogens is 1. The summed E-state index contributed by atoms with van der Waals surface area (Å²) >= 11 is 0. The molecule has 9 heavy (non-hydrogen) atoms. The van der Waals surface area contributed by atoms with Crippen LogP contribution < -0.4 is 0 Å². The summed E-state index contributed by atoms with van der Waals surface area (Å²) in [5.41, 5.74) is 0.306. The number of hydrogen-bond acceptors (Lipinski definition) is 4. The minimum atomic E-state index is -0.560. The Morgan fingerprint density at radius 1 is 1.78 bits per heavy atom. The molecule has 0 radical (unpaired) electrons. The maximum atomic E-state index is 9.98. The normalized spacial score (nSPS) is 9.44. The molecule has 6 heteroatoms. The third-order valence-corrected chi connectivity index (χ3v) is 0.881. The monoisotopic (exact) mass is 128 g/mol. The Kier molecular flexibility index (Phi) is 1.14. The number of aromatic nitrogens is 3. The van der Waals surface area contributed by atoms with Gasteiger partial charge in [0.1, 0.15) is 0 Å². The van der Waals surface area contributed by atoms with Gasteiger partial charge >= 0.3 is 5.82 Å². The first kappa shape index (κ1) is 5.67. The van der Waals surface area contributed by atoms with Gasteiger partial charge < -0.3 is 10.1 Å². The Morgan fingerprint density at radius 2 is 2.44 bits per heavy atom. The molecule has 0 aliphatic heterocycles. The molecule has 1 aromatic rings. The summed E-state index contributed by atoms with van der Waals surface area (Å²) in [6, 6.07) is 0. The van der Waals surface area contributed by atoms with Crippen LogP contribution in [0, 0.1) is 17.0 Å². The van der Waals surface area contributed by atoms with E-state index in [1.807, 2.05) is 0 Å². The van der Waals surface area contributed by atoms with Crippen LogP contribution in [0.5, 0.6) is 0 Å². The van der Waals surface area contributed by atoms with Crippen molar-refractivity contribution in [3.8, 4) is 0 Å². The zero-order chi connectivity index (χ0) is 6.85. The number of hydrogen-bond donors (Lipinski definition) is 1. The van der Waals surface area contributed by atoms with Crippen molar-refractivity contribution >= 4 is 5.82 Å². The lowest BCUT2D eigenvalue weighted by Gasteiger charge is -1.85. The highest BCUT2D eigenvalue weighted by atomic mass is 16.6. The number of aryl methyl sites for hydroxylation is 1. The standard InChI is InChI=1S/C3H4N4O2/c1-2-3(7(8)9)5-6-4-2/h1H3,(H,4,5,6). The predicted octanol–water partition coefficient (Wildman–Crippen LogP) is 0.0213. The van der Waals surface area contributed by atoms with Crippen LogP contribution >= 0.6 is 0 Å². The van der Waals surface area contributed by atoms with E-state index in [2.05, 4.69) is 15.4 Å². The van der Waals surface area contributed by atoms with Crippen LogP contribution in [0.15, 0.2) is 0 Å². The van der Waals surface area contributed by atoms with E-state index in [1.165, 1.54) is 6.92 Å². The van der Waals surface area contributed by atoms with E-state index in [9.17, 15) is 10.1 Å². The zero-order valence-corrected chi connectivity index (χ0v) is 4.66. The average Bonchev–Trinajstić information content (AvgIpc) is 2.13. The van der Waals surface area contributed by atoms with Gasteiger partial charge in [-0.3, -0.25) is 0 Å². The minimum Gasteiger partial charge on any atom is -0.358 e. The second-order valence-corrected chi connectivity index (χ2v) is 1.50. The first-order valence-corrected chi connectivity index (χ1v) is 2.24. The molecule has 0 bridgehead atoms. The van der Waals surface area contributed by atoms with Crippen LogP contribution in [0.4, 0.5) is 5.82 Å². The lowest BCUT2D eigenvalue weighted by atomic mass is 10.5. The molecule has 0 aliphatic rings. The number of nitrogens with one attached hydrogen (secondary N) is 1. The van der Waals surface area contributed by atoms with Crippen molar-refractivity contribution in [2.24, 2.45) is 0 Å². The van der Waals surface area contributed by atoms with E-state index in [4.69, 9.17) is 0 Å². The quantitative estimate of drug-likeness (QED) is 0.426. The summed E-state index contributed by atoms with van der Waals surface area (Å²) in [4.78, 5) is 9.42. The highest BCUT2D eigenvalue weighted by molar-refractivity contribution is 5.20. The number of rotatable bonds is 1. The van der Waals surface area contributed by atoms with Crippen molar-refractivity contribution < 1.29 is 4.92 Å². The van der Waals surface area contributed by atoms with Gasteiger partial charge in [-0.05, 0) is 11.8 Å². The zero-order valence-electron chi connectivity index (χ0n) is 4.66. The molecular weight excluding hydrogens is 124 g/mol. The predicted molar refractivity (Wildman–Crippen MR) is 27.8 cm³/mol. The number of nitro groups is 1. The fourth-order valence-electron chi connectivity index (χ4n) is 0.449. The fourth-order valence-corrected chi connectivity index (χ4v) is 0.449. The Morgan fingerprint density at radius 3 is 2.67 bits per heavy atom. The molecule has 0 saturated carbocycles. The second-order valence-electron chi connectivity index (χ2n) is 1.50. The highest BCUT2D eigenvalue weighted by Crippen LogP contribution is 2.06. The number of nitrogens with zero attached hydrogens (tertiary/aromatic N) is 3. The van der Waals surface area contributed by atoms with Crippen LogP contribution in [0.1, 0.15) is 5.69 Å². The van der Waals surface area contributed by atoms with Gasteiger partial charge in [0, 0.05) is 5.21 Å². The summed E-state index contributed by atoms with van der Waals surface area (Å²) in [6.45, 7) is 1.52. The van der Waals surface area contributed by atoms with E-state index in [0.29, 0.717) is 5.69 Å². The first-order valence-electron chi connectivity index (χ1n) is 2.24. The molecule has 0 unspecified atom stereocenters. The summed E-state index contributed by atoms with van der Waals surface area (Å²) in [7, 11) is 0. The van der Waals surface area contributed by atoms with Crippen LogP contribution in [0.3, 0.4) is 0 Å². The molecule has 0 amide bonds. The smallest absolute Gasteiger partial charge is 0.358 e. The minimum absolute atomic E-state index is 0.144. The van der Waals surface area contributed by atoms with E-state index in [0.717, 1.165) is 0 Å². The van der Waals surface area contributed by atoms with Gasteiger partial charge in [-0.25, -0.2) is 0 Å². The molecule has 6 nitrogen and oxygen atoms in total. The summed E-state index contributed by atoms with van der Waals surface area (Å²) < 4.78 is 0. The molecule has 0 fully saturated rings. The van der Waals surface area contributed by atoms with E-state index in [-0.39, 0.29) is 5.82 Å². The Hall–Kier alpha value is -1.46. The maximum absolute atomic E-state index is 9.98. The molecule has 1 rings (SSSR count). The second kappa shape index (κ2) is 1.81. The van der Waals surface area contributed by atoms with Crippen LogP contribution in [-0.4, -0.2) is 20.3 Å². The van der Waals surface area contributed by atoms with Crippen molar-refractivity contribution in [1.29, 1.82) is 0 Å². The molecule has 48 valence electrons. The topological polar surface area (TPSA) is 84.7 Å². The van der Waals surface area contributed by atoms with E-state index in [1.54, 1.807) is 0 Å². The van der Waals surface area contributed by atoms with Crippen LogP contribution in [-0.2, 0) is 0 Å². The van der Waals surface area contributed by atoms with E-state index >= 15 is 0 Å². The van der Waals surface area contributed by atoms with Crippen LogP contribution in [0.25, 0.3) is 0 Å². The molecule has 0 aliphatic carbocycles. The average molecular weight is 128 g/mol. The third kappa shape index (κ3) is 0.857. The van der Waals surface area contributed by atoms with Gasteiger partial charge in [0.25, 0.3) is 0 Å². The van der Waals surface area contributed by atoms with Gasteiger partial charge in [-0.2, -0.15) is 0 Å². The largest absolute Gasteiger partial charge is 0.365 e. The Balaban J connectivity index is 3.08. The molecule has 0 saturated heterocycles. The number of aromatic amines is 1. The Bertz CT molecular complexity index is 229.